The number of carbonyl (C=O) groups is 2. The fourth-order valence-electron chi connectivity index (χ4n) is 3.76. The van der Waals surface area contributed by atoms with E-state index in [1.165, 1.54) is 18.2 Å². The van der Waals surface area contributed by atoms with Crippen molar-refractivity contribution in [3.8, 4) is 0 Å². The maximum Gasteiger partial charge on any atom is 0.269 e. The number of para-hydroxylation sites is 3. The normalized spacial score (nSPS) is 14.4. The molecule has 1 aliphatic rings. The highest BCUT2D eigenvalue weighted by atomic mass is 32.2. The molecule has 32 heavy (non-hydrogen) atoms. The topological polar surface area (TPSA) is 86.8 Å². The van der Waals surface area contributed by atoms with Gasteiger partial charge in [-0.3, -0.25) is 9.59 Å². The third-order valence-corrected chi connectivity index (χ3v) is 7.34. The summed E-state index contributed by atoms with van der Waals surface area (Å²) in [5.74, 6) is -1.04. The number of nitrogens with zero attached hydrogens (tertiary/aromatic N) is 2. The van der Waals surface area contributed by atoms with Gasteiger partial charge in [-0.05, 0) is 56.3 Å². The highest BCUT2D eigenvalue weighted by Gasteiger charge is 2.42. The summed E-state index contributed by atoms with van der Waals surface area (Å²) in [6.45, 7) is 3.27. The lowest BCUT2D eigenvalue weighted by Crippen LogP contribution is -2.36. The van der Waals surface area contributed by atoms with E-state index < -0.39 is 27.9 Å². The number of nitrogens with one attached hydrogen (secondary N) is 1. The molecule has 1 aliphatic heterocycles. The Morgan fingerprint density at radius 1 is 0.969 bits per heavy atom. The molecule has 0 saturated carbocycles. The van der Waals surface area contributed by atoms with Gasteiger partial charge in [-0.25, -0.2) is 12.7 Å². The molecule has 1 heterocycles. The van der Waals surface area contributed by atoms with Crippen molar-refractivity contribution in [2.45, 2.75) is 24.8 Å². The first-order valence-corrected chi connectivity index (χ1v) is 11.6. The van der Waals surface area contributed by atoms with Crippen LogP contribution in [0.25, 0.3) is 0 Å². The zero-order valence-corrected chi connectivity index (χ0v) is 18.8. The maximum atomic E-state index is 13.0. The van der Waals surface area contributed by atoms with E-state index >= 15 is 0 Å². The van der Waals surface area contributed by atoms with E-state index in [-0.39, 0.29) is 16.0 Å². The molecule has 164 valence electrons. The highest BCUT2D eigenvalue weighted by molar-refractivity contribution is 7.90. The number of fused-ring (bicyclic) bond motifs is 1. The molecule has 0 radical (unpaired) electrons. The molecular formula is C24H23N3O4S. The smallest absolute Gasteiger partial charge is 0.269 e. The summed E-state index contributed by atoms with van der Waals surface area (Å²) in [4.78, 5) is 27.3. The van der Waals surface area contributed by atoms with E-state index in [4.69, 9.17) is 0 Å². The molecule has 3 aromatic rings. The molecule has 0 bridgehead atoms. The van der Waals surface area contributed by atoms with Crippen molar-refractivity contribution in [1.29, 1.82) is 0 Å². The van der Waals surface area contributed by atoms with Crippen LogP contribution in [0.1, 0.15) is 34.6 Å². The van der Waals surface area contributed by atoms with Gasteiger partial charge in [0.15, 0.2) is 0 Å². The summed E-state index contributed by atoms with van der Waals surface area (Å²) >= 11 is 0. The molecule has 1 N–H and O–H groups in total. The number of hydrogen-bond acceptors (Lipinski definition) is 5. The van der Waals surface area contributed by atoms with Gasteiger partial charge in [0.25, 0.3) is 21.8 Å². The molecule has 0 saturated heterocycles. The standard InChI is InChI=1S/C24H23N3O4S/c1-16(2)27-24(29)19-14-13-17(15-22(19)32(27,30)31)23(28)25-20-11-7-8-12-21(20)26(3)18-9-5-4-6-10-18/h4-16H,1-3H3,(H,25,28). The van der Waals surface area contributed by atoms with Crippen molar-refractivity contribution < 1.29 is 18.0 Å². The second-order valence-corrected chi connectivity index (χ2v) is 9.56. The van der Waals surface area contributed by atoms with E-state index in [0.29, 0.717) is 5.69 Å². The van der Waals surface area contributed by atoms with Crippen molar-refractivity contribution in [3.63, 3.8) is 0 Å². The van der Waals surface area contributed by atoms with Crippen LogP contribution in [0.2, 0.25) is 0 Å². The Balaban J connectivity index is 1.65. The minimum absolute atomic E-state index is 0.0828. The largest absolute Gasteiger partial charge is 0.343 e. The van der Waals surface area contributed by atoms with Crippen LogP contribution in [0, 0.1) is 0 Å². The number of sulfonamides is 1. The van der Waals surface area contributed by atoms with Gasteiger partial charge < -0.3 is 10.2 Å². The van der Waals surface area contributed by atoms with Crippen LogP contribution in [0.4, 0.5) is 17.1 Å². The van der Waals surface area contributed by atoms with Gasteiger partial charge in [0.1, 0.15) is 4.90 Å². The molecule has 0 aliphatic carbocycles. The quantitative estimate of drug-likeness (QED) is 0.629. The van der Waals surface area contributed by atoms with Crippen LogP contribution < -0.4 is 10.2 Å². The van der Waals surface area contributed by atoms with Gasteiger partial charge in [0.2, 0.25) is 0 Å². The molecule has 0 aromatic heterocycles. The predicted octanol–water partition coefficient (Wildman–Crippen LogP) is 4.26. The van der Waals surface area contributed by atoms with Crippen LogP contribution in [-0.4, -0.2) is 37.6 Å². The fourth-order valence-corrected chi connectivity index (χ4v) is 5.55. The first kappa shape index (κ1) is 21.6. The lowest BCUT2D eigenvalue weighted by atomic mass is 10.1. The Labute approximate surface area is 187 Å². The lowest BCUT2D eigenvalue weighted by molar-refractivity contribution is 0.0846. The minimum atomic E-state index is -3.99. The van der Waals surface area contributed by atoms with Gasteiger partial charge in [0, 0.05) is 24.3 Å². The Kier molecular flexibility index (Phi) is 5.48. The summed E-state index contributed by atoms with van der Waals surface area (Å²) in [6, 6.07) is 20.7. The molecule has 8 heteroatoms. The summed E-state index contributed by atoms with van der Waals surface area (Å²) in [5, 5.41) is 2.87. The lowest BCUT2D eigenvalue weighted by Gasteiger charge is -2.22. The van der Waals surface area contributed by atoms with Gasteiger partial charge >= 0.3 is 0 Å². The second kappa shape index (κ2) is 8.12. The van der Waals surface area contributed by atoms with Crippen molar-refractivity contribution >= 4 is 38.9 Å². The van der Waals surface area contributed by atoms with Crippen LogP contribution in [0.3, 0.4) is 0 Å². The van der Waals surface area contributed by atoms with Crippen molar-refractivity contribution in [2.24, 2.45) is 0 Å². The summed E-state index contributed by atoms with van der Waals surface area (Å²) < 4.78 is 26.5. The van der Waals surface area contributed by atoms with E-state index in [9.17, 15) is 18.0 Å². The van der Waals surface area contributed by atoms with E-state index in [2.05, 4.69) is 5.32 Å². The molecule has 3 aromatic carbocycles. The van der Waals surface area contributed by atoms with Crippen molar-refractivity contribution in [3.05, 3.63) is 83.9 Å². The molecule has 2 amide bonds. The first-order chi connectivity index (χ1) is 15.2. The number of anilines is 3. The van der Waals surface area contributed by atoms with E-state index in [1.54, 1.807) is 19.9 Å². The molecule has 4 rings (SSSR count). The average Bonchev–Trinajstić information content (AvgIpc) is 2.99. The van der Waals surface area contributed by atoms with E-state index in [0.717, 1.165) is 15.7 Å². The highest BCUT2D eigenvalue weighted by Crippen LogP contribution is 2.34. The number of carbonyl (C=O) groups excluding carboxylic acids is 2. The van der Waals surface area contributed by atoms with Gasteiger partial charge in [0.05, 0.1) is 16.9 Å². The monoisotopic (exact) mass is 449 g/mol. The maximum absolute atomic E-state index is 13.0. The van der Waals surface area contributed by atoms with Gasteiger partial charge in [-0.15, -0.1) is 0 Å². The number of rotatable bonds is 5. The van der Waals surface area contributed by atoms with Gasteiger partial charge in [-0.1, -0.05) is 30.3 Å². The number of benzene rings is 3. The zero-order valence-electron chi connectivity index (χ0n) is 17.9. The fraction of sp³-hybridized carbons (Fsp3) is 0.167. The summed E-state index contributed by atoms with van der Waals surface area (Å²) in [6.07, 6.45) is 0. The van der Waals surface area contributed by atoms with E-state index in [1.807, 2.05) is 60.5 Å². The molecule has 7 nitrogen and oxygen atoms in total. The average molecular weight is 450 g/mol. The van der Waals surface area contributed by atoms with Crippen LogP contribution in [-0.2, 0) is 10.0 Å². The molecule has 0 fully saturated rings. The SMILES string of the molecule is CC(C)N1C(=O)c2ccc(C(=O)Nc3ccccc3N(C)c3ccccc3)cc2S1(=O)=O. The zero-order chi connectivity index (χ0) is 23.0. The Morgan fingerprint density at radius 3 is 2.31 bits per heavy atom. The second-order valence-electron chi connectivity index (χ2n) is 7.78. The van der Waals surface area contributed by atoms with Gasteiger partial charge in [-0.2, -0.15) is 0 Å². The Hall–Kier alpha value is -3.65. The van der Waals surface area contributed by atoms with Crippen LogP contribution >= 0.6 is 0 Å². The van der Waals surface area contributed by atoms with Crippen LogP contribution in [0.5, 0.6) is 0 Å². The first-order valence-electron chi connectivity index (χ1n) is 10.1. The number of amides is 2. The molecule has 0 atom stereocenters. The predicted molar refractivity (Wildman–Crippen MR) is 124 cm³/mol. The molecule has 0 unspecified atom stereocenters. The number of hydrogen-bond donors (Lipinski definition) is 1. The van der Waals surface area contributed by atoms with Crippen molar-refractivity contribution in [1.82, 2.24) is 4.31 Å². The molecule has 0 spiro atoms. The van der Waals surface area contributed by atoms with Crippen LogP contribution in [0.15, 0.2) is 77.7 Å². The summed E-state index contributed by atoms with van der Waals surface area (Å²) in [5.41, 5.74) is 2.54. The Bertz CT molecular complexity index is 1300. The third-order valence-electron chi connectivity index (χ3n) is 5.34. The third kappa shape index (κ3) is 3.62. The Morgan fingerprint density at radius 2 is 1.62 bits per heavy atom. The van der Waals surface area contributed by atoms with Crippen molar-refractivity contribution in [2.75, 3.05) is 17.3 Å². The minimum Gasteiger partial charge on any atom is -0.343 e. The summed E-state index contributed by atoms with van der Waals surface area (Å²) in [7, 11) is -2.09. The molecular weight excluding hydrogens is 426 g/mol.